The van der Waals surface area contributed by atoms with Crippen molar-refractivity contribution in [1.82, 2.24) is 9.97 Å². The number of rotatable bonds is 2. The average molecular weight is 325 g/mol. The number of nitrogens with zero attached hydrogens (tertiary/aromatic N) is 3. The zero-order valence-corrected chi connectivity index (χ0v) is 12.1. The number of para-hydroxylation sites is 1. The van der Waals surface area contributed by atoms with Crippen molar-refractivity contribution in [2.24, 2.45) is 5.73 Å². The molecule has 1 atom stereocenters. The monoisotopic (exact) mass is 325 g/mol. The third-order valence-corrected chi connectivity index (χ3v) is 3.66. The maximum Gasteiger partial charge on any atom is 0.273 e. The van der Waals surface area contributed by atoms with Gasteiger partial charge < -0.3 is 16.8 Å². The third-order valence-electron chi connectivity index (χ3n) is 3.66. The van der Waals surface area contributed by atoms with Gasteiger partial charge in [0.15, 0.2) is 0 Å². The number of aromatic nitrogens is 2. The fourth-order valence-electron chi connectivity index (χ4n) is 2.69. The van der Waals surface area contributed by atoms with Gasteiger partial charge in [-0.15, -0.1) is 0 Å². The van der Waals surface area contributed by atoms with Crippen LogP contribution in [-0.4, -0.2) is 14.9 Å². The van der Waals surface area contributed by atoms with Gasteiger partial charge in [-0.25, -0.2) is 0 Å². The van der Waals surface area contributed by atoms with Gasteiger partial charge in [-0.1, -0.05) is 18.2 Å². The highest BCUT2D eigenvalue weighted by molar-refractivity contribution is 5.66. The van der Waals surface area contributed by atoms with E-state index >= 15 is 0 Å². The van der Waals surface area contributed by atoms with E-state index in [2.05, 4.69) is 15.3 Å². The molecule has 0 saturated carbocycles. The first-order valence-electron chi connectivity index (χ1n) is 6.73. The number of hydrogen-bond donors (Lipinski definition) is 4. The van der Waals surface area contributed by atoms with Gasteiger partial charge in [0.05, 0.1) is 28.0 Å². The number of nitrogen functional groups attached to an aromatic ring is 1. The fraction of sp³-hybridized carbons (Fsp3) is 0.0714. The molecule has 0 amide bonds. The molecule has 0 saturated heterocycles. The number of nitrogens with two attached hydrogens (primary N) is 2. The summed E-state index contributed by atoms with van der Waals surface area (Å²) >= 11 is 0. The van der Waals surface area contributed by atoms with Crippen molar-refractivity contribution < 1.29 is 4.92 Å². The van der Waals surface area contributed by atoms with Gasteiger partial charge in [0.1, 0.15) is 11.6 Å². The van der Waals surface area contributed by atoms with Gasteiger partial charge in [0.2, 0.25) is 5.95 Å². The summed E-state index contributed by atoms with van der Waals surface area (Å²) < 4.78 is 0. The summed E-state index contributed by atoms with van der Waals surface area (Å²) in [6.07, 6.45) is 0. The van der Waals surface area contributed by atoms with E-state index in [1.54, 1.807) is 6.07 Å². The quantitative estimate of drug-likeness (QED) is 0.455. The Hall–Kier alpha value is -3.87. The molecule has 10 nitrogen and oxygen atoms in total. The normalized spacial score (nSPS) is 16.0. The number of nitro groups is 1. The second-order valence-electron chi connectivity index (χ2n) is 5.03. The fourth-order valence-corrected chi connectivity index (χ4v) is 2.69. The highest BCUT2D eigenvalue weighted by Gasteiger charge is 2.36. The van der Waals surface area contributed by atoms with Crippen LogP contribution < -0.4 is 22.3 Å². The smallest absolute Gasteiger partial charge is 0.273 e. The van der Waals surface area contributed by atoms with Crippen molar-refractivity contribution in [3.05, 3.63) is 67.3 Å². The molecule has 1 aromatic heterocycles. The lowest BCUT2D eigenvalue weighted by Gasteiger charge is -2.25. The Labute approximate surface area is 134 Å². The Morgan fingerprint density at radius 1 is 1.33 bits per heavy atom. The van der Waals surface area contributed by atoms with Crippen LogP contribution in [0.1, 0.15) is 17.0 Å². The zero-order chi connectivity index (χ0) is 17.4. The molecule has 2 heterocycles. The summed E-state index contributed by atoms with van der Waals surface area (Å²) in [4.78, 5) is 29.4. The van der Waals surface area contributed by atoms with Gasteiger partial charge in [-0.3, -0.25) is 19.9 Å². The van der Waals surface area contributed by atoms with Crippen LogP contribution in [0, 0.1) is 21.4 Å². The Morgan fingerprint density at radius 2 is 2.04 bits per heavy atom. The van der Waals surface area contributed by atoms with E-state index in [0.717, 1.165) is 0 Å². The third kappa shape index (κ3) is 2.20. The van der Waals surface area contributed by atoms with E-state index in [0.29, 0.717) is 0 Å². The molecule has 6 N–H and O–H groups in total. The van der Waals surface area contributed by atoms with Gasteiger partial charge in [-0.2, -0.15) is 10.2 Å². The highest BCUT2D eigenvalue weighted by Crippen LogP contribution is 2.41. The van der Waals surface area contributed by atoms with E-state index in [9.17, 15) is 20.2 Å². The second-order valence-corrected chi connectivity index (χ2v) is 5.03. The summed E-state index contributed by atoms with van der Waals surface area (Å²) in [6, 6.07) is 7.74. The van der Waals surface area contributed by atoms with Crippen LogP contribution >= 0.6 is 0 Å². The zero-order valence-electron chi connectivity index (χ0n) is 12.1. The van der Waals surface area contributed by atoms with Gasteiger partial charge in [-0.05, 0) is 0 Å². The molecule has 1 unspecified atom stereocenters. The van der Waals surface area contributed by atoms with E-state index in [1.807, 2.05) is 6.07 Å². The highest BCUT2D eigenvalue weighted by atomic mass is 16.6. The maximum atomic E-state index is 12.4. The molecule has 2 aromatic rings. The first kappa shape index (κ1) is 15.0. The molecule has 1 aliphatic heterocycles. The van der Waals surface area contributed by atoms with E-state index in [-0.39, 0.29) is 40.0 Å². The van der Waals surface area contributed by atoms with Crippen LogP contribution in [-0.2, 0) is 0 Å². The predicted molar refractivity (Wildman–Crippen MR) is 84.7 cm³/mol. The molecule has 10 heteroatoms. The lowest BCUT2D eigenvalue weighted by atomic mass is 9.83. The van der Waals surface area contributed by atoms with E-state index < -0.39 is 16.4 Å². The summed E-state index contributed by atoms with van der Waals surface area (Å²) in [5.41, 5.74) is 10.7. The number of anilines is 2. The summed E-state index contributed by atoms with van der Waals surface area (Å²) in [5.74, 6) is -1.13. The topological polar surface area (TPSA) is 177 Å². The summed E-state index contributed by atoms with van der Waals surface area (Å²) in [7, 11) is 0. The minimum Gasteiger partial charge on any atom is -0.384 e. The Balaban J connectivity index is 2.37. The number of benzene rings is 1. The number of H-pyrrole nitrogens is 1. The molecule has 0 fully saturated rings. The van der Waals surface area contributed by atoms with Crippen molar-refractivity contribution in [2.45, 2.75) is 5.92 Å². The Bertz CT molecular complexity index is 987. The first-order valence-corrected chi connectivity index (χ1v) is 6.73. The molecule has 3 rings (SSSR count). The summed E-state index contributed by atoms with van der Waals surface area (Å²) in [5, 5.41) is 23.4. The number of allylic oxidation sites excluding steroid dienone is 1. The second kappa shape index (κ2) is 5.40. The Morgan fingerprint density at radius 3 is 2.71 bits per heavy atom. The van der Waals surface area contributed by atoms with E-state index in [4.69, 9.17) is 11.5 Å². The molecular weight excluding hydrogens is 314 g/mol. The molecule has 0 aliphatic carbocycles. The standard InChI is InChI=1S/C14H11N7O3/c15-5-7-9(6-3-1-2-4-8(6)21(23)24)10-12(18-11(7)16)19-14(17)20-13(10)22/h1-4,9H,16H2,(H4,17,18,19,20,22). The minimum absolute atomic E-state index is 0.00567. The van der Waals surface area contributed by atoms with Crippen molar-refractivity contribution >= 4 is 17.5 Å². The SMILES string of the molecule is N#CC1=C(N)Nc2nc(N)[nH]c(=O)c2C1c1ccccc1[N+](=O)[O-]. The average Bonchev–Trinajstić information content (AvgIpc) is 2.53. The molecule has 24 heavy (non-hydrogen) atoms. The number of nitrogens with one attached hydrogen (secondary N) is 2. The number of fused-ring (bicyclic) bond motifs is 1. The van der Waals surface area contributed by atoms with Crippen molar-refractivity contribution in [3.8, 4) is 6.07 Å². The molecule has 120 valence electrons. The van der Waals surface area contributed by atoms with Crippen molar-refractivity contribution in [1.29, 1.82) is 5.26 Å². The largest absolute Gasteiger partial charge is 0.384 e. The minimum atomic E-state index is -1.02. The number of aromatic amines is 1. The number of nitro benzene ring substituents is 1. The van der Waals surface area contributed by atoms with Crippen molar-refractivity contribution in [2.75, 3.05) is 11.1 Å². The molecule has 1 aliphatic rings. The van der Waals surface area contributed by atoms with E-state index in [1.165, 1.54) is 18.2 Å². The van der Waals surface area contributed by atoms with Gasteiger partial charge >= 0.3 is 0 Å². The van der Waals surface area contributed by atoms with Crippen LogP contribution in [0.4, 0.5) is 17.5 Å². The van der Waals surface area contributed by atoms with Crippen LogP contribution in [0.2, 0.25) is 0 Å². The molecule has 0 radical (unpaired) electrons. The van der Waals surface area contributed by atoms with Gasteiger partial charge in [0, 0.05) is 11.6 Å². The predicted octanol–water partition coefficient (Wildman–Crippen LogP) is 0.512. The Kier molecular flexibility index (Phi) is 3.38. The van der Waals surface area contributed by atoms with Crippen LogP contribution in [0.3, 0.4) is 0 Å². The lowest BCUT2D eigenvalue weighted by Crippen LogP contribution is -2.31. The maximum absolute atomic E-state index is 12.4. The van der Waals surface area contributed by atoms with Crippen LogP contribution in [0.25, 0.3) is 0 Å². The van der Waals surface area contributed by atoms with Crippen LogP contribution in [0.5, 0.6) is 0 Å². The first-order chi connectivity index (χ1) is 11.4. The van der Waals surface area contributed by atoms with Crippen LogP contribution in [0.15, 0.2) is 40.5 Å². The molecule has 0 bridgehead atoms. The molecular formula is C14H11N7O3. The molecule has 0 spiro atoms. The lowest BCUT2D eigenvalue weighted by molar-refractivity contribution is -0.385. The van der Waals surface area contributed by atoms with Crippen molar-refractivity contribution in [3.63, 3.8) is 0 Å². The summed E-state index contributed by atoms with van der Waals surface area (Å²) in [6.45, 7) is 0. The number of hydrogen-bond acceptors (Lipinski definition) is 8. The van der Waals surface area contributed by atoms with Gasteiger partial charge in [0.25, 0.3) is 11.2 Å². The number of nitriles is 1. The molecule has 1 aromatic carbocycles.